The first kappa shape index (κ1) is 33.0. The molecule has 1 amide bonds. The first-order valence-electron chi connectivity index (χ1n) is 14.5. The van der Waals surface area contributed by atoms with Gasteiger partial charge in [-0.05, 0) is 43.2 Å². The van der Waals surface area contributed by atoms with Gasteiger partial charge in [0.2, 0.25) is 0 Å². The Morgan fingerprint density at radius 1 is 0.870 bits per heavy atom. The SMILES string of the molecule is COc1ccc(CN(Cc2ccc(OC)cc2OC)S(=O)(=O)c2cc(NC(=O)c3ccc(C4CCC4)nc3Cl)ccn2)c(OC)c1. The van der Waals surface area contributed by atoms with Crippen LogP contribution in [0.5, 0.6) is 23.0 Å². The lowest BCUT2D eigenvalue weighted by Gasteiger charge is -2.25. The molecule has 1 N–H and O–H groups in total. The van der Waals surface area contributed by atoms with Crippen molar-refractivity contribution in [2.24, 2.45) is 0 Å². The van der Waals surface area contributed by atoms with E-state index in [1.807, 2.05) is 6.07 Å². The molecule has 242 valence electrons. The zero-order valence-electron chi connectivity index (χ0n) is 25.9. The van der Waals surface area contributed by atoms with Crippen molar-refractivity contribution in [2.75, 3.05) is 33.8 Å². The maximum Gasteiger partial charge on any atom is 0.261 e. The van der Waals surface area contributed by atoms with Gasteiger partial charge in [-0.3, -0.25) is 4.79 Å². The number of benzene rings is 2. The quantitative estimate of drug-likeness (QED) is 0.169. The van der Waals surface area contributed by atoms with Gasteiger partial charge >= 0.3 is 0 Å². The summed E-state index contributed by atoms with van der Waals surface area (Å²) >= 11 is 6.38. The van der Waals surface area contributed by atoms with E-state index in [9.17, 15) is 13.2 Å². The van der Waals surface area contributed by atoms with Crippen molar-refractivity contribution in [3.8, 4) is 23.0 Å². The second kappa shape index (κ2) is 14.4. The summed E-state index contributed by atoms with van der Waals surface area (Å²) in [7, 11) is 1.81. The minimum absolute atomic E-state index is 0.0719. The Morgan fingerprint density at radius 3 is 1.98 bits per heavy atom. The monoisotopic (exact) mass is 666 g/mol. The molecule has 0 saturated heterocycles. The number of hydrogen-bond acceptors (Lipinski definition) is 9. The Kier molecular flexibility index (Phi) is 10.3. The Hall–Kier alpha value is -4.39. The van der Waals surface area contributed by atoms with Gasteiger partial charge in [-0.1, -0.05) is 30.2 Å². The molecule has 0 spiro atoms. The molecule has 46 heavy (non-hydrogen) atoms. The number of nitrogens with one attached hydrogen (secondary N) is 1. The zero-order valence-corrected chi connectivity index (χ0v) is 27.5. The van der Waals surface area contributed by atoms with E-state index in [1.165, 1.54) is 51.1 Å². The number of carbonyl (C=O) groups is 1. The second-order valence-corrected chi connectivity index (χ2v) is 12.9. The van der Waals surface area contributed by atoms with Gasteiger partial charge in [-0.25, -0.2) is 18.4 Å². The van der Waals surface area contributed by atoms with Gasteiger partial charge in [0.25, 0.3) is 15.9 Å². The molecule has 11 nitrogen and oxygen atoms in total. The van der Waals surface area contributed by atoms with E-state index in [0.717, 1.165) is 25.0 Å². The molecular formula is C33H35ClN4O7S. The molecule has 0 unspecified atom stereocenters. The smallest absolute Gasteiger partial charge is 0.261 e. The minimum Gasteiger partial charge on any atom is -0.497 e. The number of rotatable bonds is 13. The van der Waals surface area contributed by atoms with Crippen LogP contribution in [0.4, 0.5) is 5.69 Å². The van der Waals surface area contributed by atoms with Gasteiger partial charge in [-0.2, -0.15) is 4.31 Å². The van der Waals surface area contributed by atoms with Gasteiger partial charge in [0, 0.05) is 65.9 Å². The number of amides is 1. The van der Waals surface area contributed by atoms with E-state index in [4.69, 9.17) is 30.5 Å². The molecular weight excluding hydrogens is 632 g/mol. The van der Waals surface area contributed by atoms with Crippen LogP contribution in [0.15, 0.2) is 71.9 Å². The summed E-state index contributed by atoms with van der Waals surface area (Å²) in [6, 6.07) is 16.6. The van der Waals surface area contributed by atoms with Crippen molar-refractivity contribution >= 4 is 33.2 Å². The molecule has 5 rings (SSSR count). The molecule has 0 aliphatic heterocycles. The van der Waals surface area contributed by atoms with Gasteiger partial charge in [0.1, 0.15) is 28.2 Å². The van der Waals surface area contributed by atoms with Crippen LogP contribution in [0.2, 0.25) is 5.15 Å². The third-order valence-corrected chi connectivity index (χ3v) is 9.90. The predicted molar refractivity (Wildman–Crippen MR) is 174 cm³/mol. The van der Waals surface area contributed by atoms with Crippen LogP contribution in [0.1, 0.15) is 52.4 Å². The van der Waals surface area contributed by atoms with Gasteiger partial charge in [-0.15, -0.1) is 0 Å². The summed E-state index contributed by atoms with van der Waals surface area (Å²) in [4.78, 5) is 21.8. The van der Waals surface area contributed by atoms with Crippen molar-refractivity contribution in [2.45, 2.75) is 43.3 Å². The van der Waals surface area contributed by atoms with E-state index in [0.29, 0.717) is 40.0 Å². The number of sulfonamides is 1. The fraction of sp³-hybridized carbons (Fsp3) is 0.303. The molecule has 0 bridgehead atoms. The fourth-order valence-electron chi connectivity index (χ4n) is 5.08. The average Bonchev–Trinajstić information content (AvgIpc) is 3.03. The number of aromatic nitrogens is 2. The van der Waals surface area contributed by atoms with E-state index in [1.54, 1.807) is 42.5 Å². The fourth-order valence-corrected chi connectivity index (χ4v) is 6.68. The highest BCUT2D eigenvalue weighted by Gasteiger charge is 2.29. The van der Waals surface area contributed by atoms with E-state index in [-0.39, 0.29) is 34.5 Å². The second-order valence-electron chi connectivity index (χ2n) is 10.7. The van der Waals surface area contributed by atoms with E-state index in [2.05, 4.69) is 15.3 Å². The van der Waals surface area contributed by atoms with Crippen LogP contribution >= 0.6 is 11.6 Å². The number of carbonyl (C=O) groups excluding carboxylic acids is 1. The molecule has 2 aromatic heterocycles. The number of halogens is 1. The molecule has 2 aromatic carbocycles. The Labute approximate surface area is 273 Å². The highest BCUT2D eigenvalue weighted by molar-refractivity contribution is 7.89. The first-order chi connectivity index (χ1) is 22.2. The standard InChI is InChI=1S/C33H35ClN4O7S/c1-42-25-10-8-22(29(17-25)44-3)19-38(20-23-9-11-26(43-2)18-30(23)45-4)46(40,41)31-16-24(14-15-35-31)36-33(39)27-12-13-28(37-32(27)34)21-6-5-7-21/h8-18,21H,5-7,19-20H2,1-4H3,(H,35,36,39). The van der Waals surface area contributed by atoms with Crippen LogP contribution in [-0.2, 0) is 23.1 Å². The summed E-state index contributed by atoms with van der Waals surface area (Å²) in [5.74, 6) is 1.86. The molecule has 0 atom stereocenters. The van der Waals surface area contributed by atoms with Crippen molar-refractivity contribution in [1.29, 1.82) is 0 Å². The average molecular weight is 667 g/mol. The van der Waals surface area contributed by atoms with Crippen LogP contribution in [0, 0.1) is 0 Å². The third-order valence-electron chi connectivity index (χ3n) is 7.92. The normalized spacial score (nSPS) is 13.2. The number of pyridine rings is 2. The molecule has 2 heterocycles. The molecule has 13 heteroatoms. The number of anilines is 1. The first-order valence-corrected chi connectivity index (χ1v) is 16.3. The Balaban J connectivity index is 1.46. The largest absolute Gasteiger partial charge is 0.497 e. The van der Waals surface area contributed by atoms with Crippen LogP contribution in [0.3, 0.4) is 0 Å². The lowest BCUT2D eigenvalue weighted by molar-refractivity contribution is 0.102. The Morgan fingerprint density at radius 2 is 1.48 bits per heavy atom. The van der Waals surface area contributed by atoms with Gasteiger partial charge in [0.05, 0.1) is 34.0 Å². The van der Waals surface area contributed by atoms with Crippen molar-refractivity contribution < 1.29 is 32.2 Å². The lowest BCUT2D eigenvalue weighted by atomic mass is 9.82. The minimum atomic E-state index is -4.26. The van der Waals surface area contributed by atoms with Crippen molar-refractivity contribution in [3.63, 3.8) is 0 Å². The summed E-state index contributed by atoms with van der Waals surface area (Å²) < 4.78 is 51.5. The highest BCUT2D eigenvalue weighted by Crippen LogP contribution is 2.36. The summed E-state index contributed by atoms with van der Waals surface area (Å²) in [6.45, 7) is -0.144. The van der Waals surface area contributed by atoms with Crippen LogP contribution in [-0.4, -0.2) is 57.0 Å². The van der Waals surface area contributed by atoms with Crippen molar-refractivity contribution in [3.05, 3.63) is 94.4 Å². The predicted octanol–water partition coefficient (Wildman–Crippen LogP) is 6.08. The molecule has 1 aliphatic rings. The summed E-state index contributed by atoms with van der Waals surface area (Å²) in [5.41, 5.74) is 2.47. The zero-order chi connectivity index (χ0) is 32.8. The van der Waals surface area contributed by atoms with Gasteiger partial charge in [0.15, 0.2) is 5.03 Å². The molecule has 1 saturated carbocycles. The van der Waals surface area contributed by atoms with Crippen LogP contribution in [0.25, 0.3) is 0 Å². The van der Waals surface area contributed by atoms with E-state index >= 15 is 0 Å². The summed E-state index contributed by atoms with van der Waals surface area (Å²) in [5, 5.41) is 2.56. The number of methoxy groups -OCH3 is 4. The molecule has 1 aliphatic carbocycles. The topological polar surface area (TPSA) is 129 Å². The molecule has 0 radical (unpaired) electrons. The highest BCUT2D eigenvalue weighted by atomic mass is 35.5. The molecule has 1 fully saturated rings. The number of ether oxygens (including phenoxy) is 4. The lowest BCUT2D eigenvalue weighted by Crippen LogP contribution is -2.31. The third kappa shape index (κ3) is 7.19. The van der Waals surface area contributed by atoms with Crippen LogP contribution < -0.4 is 24.3 Å². The maximum absolute atomic E-state index is 14.3. The number of hydrogen-bond donors (Lipinski definition) is 1. The molecule has 4 aromatic rings. The Bertz CT molecular complexity index is 1780. The van der Waals surface area contributed by atoms with Gasteiger partial charge < -0.3 is 24.3 Å². The van der Waals surface area contributed by atoms with E-state index < -0.39 is 15.9 Å². The maximum atomic E-state index is 14.3. The van der Waals surface area contributed by atoms with Crippen molar-refractivity contribution in [1.82, 2.24) is 14.3 Å². The summed E-state index contributed by atoms with van der Waals surface area (Å²) in [6.07, 6.45) is 4.58. The number of nitrogens with zero attached hydrogens (tertiary/aromatic N) is 3.